The van der Waals surface area contributed by atoms with E-state index >= 15 is 0 Å². The van der Waals surface area contributed by atoms with Gasteiger partial charge in [0.15, 0.2) is 17.3 Å². The van der Waals surface area contributed by atoms with Gasteiger partial charge in [0.05, 0.1) is 34.3 Å². The van der Waals surface area contributed by atoms with Crippen LogP contribution in [-0.4, -0.2) is 28.7 Å². The zero-order chi connectivity index (χ0) is 31.6. The summed E-state index contributed by atoms with van der Waals surface area (Å²) in [6, 6.07) is 52.9. The first-order valence-electron chi connectivity index (χ1n) is 16.2. The standard InChI is InChI=1S/C42H28N6/c1-2-14-29(15-3-1)41-44-40(34-20-12-17-28-13-4-6-18-31(28)34)45-47(41)27-30-16-5-9-22-36(30)48-37-23-10-7-19-32(37)33-25-26-46-38-24-11-8-21-35(38)43-42(46)39(33)48/h1-26H,27H2. The monoisotopic (exact) mass is 616 g/mol. The molecule has 0 unspecified atom stereocenters. The maximum Gasteiger partial charge on any atom is 0.182 e. The van der Waals surface area contributed by atoms with Crippen LogP contribution in [0.3, 0.4) is 0 Å². The molecule has 10 rings (SSSR count). The van der Waals surface area contributed by atoms with Crippen molar-refractivity contribution in [3.63, 3.8) is 0 Å². The van der Waals surface area contributed by atoms with Crippen LogP contribution in [0.5, 0.6) is 0 Å². The van der Waals surface area contributed by atoms with Gasteiger partial charge in [-0.2, -0.15) is 5.10 Å². The van der Waals surface area contributed by atoms with Gasteiger partial charge in [-0.05, 0) is 46.7 Å². The molecule has 0 saturated carbocycles. The zero-order valence-corrected chi connectivity index (χ0v) is 25.9. The molecule has 0 spiro atoms. The highest BCUT2D eigenvalue weighted by Crippen LogP contribution is 2.37. The average molecular weight is 617 g/mol. The molecule has 6 nitrogen and oxygen atoms in total. The molecule has 4 aromatic heterocycles. The third-order valence-electron chi connectivity index (χ3n) is 9.40. The lowest BCUT2D eigenvalue weighted by molar-refractivity contribution is 0.693. The Morgan fingerprint density at radius 3 is 2.19 bits per heavy atom. The molecule has 226 valence electrons. The number of para-hydroxylation sites is 4. The highest BCUT2D eigenvalue weighted by Gasteiger charge is 2.21. The van der Waals surface area contributed by atoms with Gasteiger partial charge < -0.3 is 4.57 Å². The second kappa shape index (κ2) is 10.5. The summed E-state index contributed by atoms with van der Waals surface area (Å²) in [7, 11) is 0. The van der Waals surface area contributed by atoms with E-state index in [4.69, 9.17) is 15.1 Å². The third-order valence-corrected chi connectivity index (χ3v) is 9.40. The summed E-state index contributed by atoms with van der Waals surface area (Å²) in [6.45, 7) is 0.533. The molecular weight excluding hydrogens is 589 g/mol. The van der Waals surface area contributed by atoms with Crippen LogP contribution in [0.15, 0.2) is 158 Å². The topological polar surface area (TPSA) is 52.9 Å². The summed E-state index contributed by atoms with van der Waals surface area (Å²) in [5.74, 6) is 1.54. The Morgan fingerprint density at radius 1 is 0.542 bits per heavy atom. The normalized spacial score (nSPS) is 11.8. The van der Waals surface area contributed by atoms with E-state index in [1.54, 1.807) is 0 Å². The van der Waals surface area contributed by atoms with E-state index in [0.717, 1.165) is 61.3 Å². The minimum Gasteiger partial charge on any atom is -0.306 e. The number of hydrogen-bond donors (Lipinski definition) is 0. The lowest BCUT2D eigenvalue weighted by atomic mass is 10.0. The van der Waals surface area contributed by atoms with Crippen molar-refractivity contribution in [3.8, 4) is 28.5 Å². The quantitative estimate of drug-likeness (QED) is 0.193. The van der Waals surface area contributed by atoms with Gasteiger partial charge in [0, 0.05) is 28.1 Å². The summed E-state index contributed by atoms with van der Waals surface area (Å²) < 4.78 is 6.64. The molecule has 0 saturated heterocycles. The molecule has 0 bridgehead atoms. The second-order valence-corrected chi connectivity index (χ2v) is 12.2. The van der Waals surface area contributed by atoms with E-state index in [9.17, 15) is 0 Å². The summed E-state index contributed by atoms with van der Waals surface area (Å²) in [4.78, 5) is 10.4. The maximum atomic E-state index is 5.21. The molecule has 6 heteroatoms. The highest BCUT2D eigenvalue weighted by atomic mass is 15.3. The summed E-state index contributed by atoms with van der Waals surface area (Å²) in [5.41, 5.74) is 9.49. The van der Waals surface area contributed by atoms with Gasteiger partial charge in [-0.25, -0.2) is 14.6 Å². The van der Waals surface area contributed by atoms with Gasteiger partial charge in [-0.15, -0.1) is 0 Å². The number of fused-ring (bicyclic) bond motifs is 8. The Bertz CT molecular complexity index is 2820. The number of nitrogens with zero attached hydrogens (tertiary/aromatic N) is 6. The first-order valence-corrected chi connectivity index (χ1v) is 16.2. The fraction of sp³-hybridized carbons (Fsp3) is 0.0238. The van der Waals surface area contributed by atoms with Crippen LogP contribution in [0.2, 0.25) is 0 Å². The molecule has 48 heavy (non-hydrogen) atoms. The van der Waals surface area contributed by atoms with Gasteiger partial charge in [0.1, 0.15) is 0 Å². The number of pyridine rings is 1. The van der Waals surface area contributed by atoms with Crippen molar-refractivity contribution >= 4 is 49.3 Å². The van der Waals surface area contributed by atoms with E-state index in [1.165, 1.54) is 16.2 Å². The van der Waals surface area contributed by atoms with Crippen molar-refractivity contribution in [1.82, 2.24) is 28.7 Å². The van der Waals surface area contributed by atoms with Gasteiger partial charge in [-0.3, -0.25) is 4.40 Å². The van der Waals surface area contributed by atoms with E-state index in [2.05, 4.69) is 159 Å². The van der Waals surface area contributed by atoms with Crippen LogP contribution < -0.4 is 0 Å². The van der Waals surface area contributed by atoms with Crippen LogP contribution in [0.25, 0.3) is 77.7 Å². The van der Waals surface area contributed by atoms with Crippen molar-refractivity contribution in [3.05, 3.63) is 163 Å². The Hall–Kier alpha value is -6.53. The van der Waals surface area contributed by atoms with E-state index in [0.29, 0.717) is 12.4 Å². The Morgan fingerprint density at radius 2 is 1.27 bits per heavy atom. The van der Waals surface area contributed by atoms with E-state index in [1.807, 2.05) is 12.1 Å². The maximum absolute atomic E-state index is 5.21. The molecule has 0 atom stereocenters. The van der Waals surface area contributed by atoms with Gasteiger partial charge >= 0.3 is 0 Å². The lowest BCUT2D eigenvalue weighted by Gasteiger charge is -2.15. The molecule has 0 aliphatic rings. The molecule has 0 amide bonds. The SMILES string of the molecule is c1ccc(-c2nc(-c3cccc4ccccc34)nn2Cc2ccccc2-n2c3ccccc3c3ccn4c5ccccc5nc4c32)cc1. The smallest absolute Gasteiger partial charge is 0.182 e. The van der Waals surface area contributed by atoms with Gasteiger partial charge in [-0.1, -0.05) is 121 Å². The van der Waals surface area contributed by atoms with Gasteiger partial charge in [0.2, 0.25) is 0 Å². The number of hydrogen-bond acceptors (Lipinski definition) is 3. The van der Waals surface area contributed by atoms with Crippen LogP contribution in [0.4, 0.5) is 0 Å². The first kappa shape index (κ1) is 26.7. The molecule has 0 radical (unpaired) electrons. The van der Waals surface area contributed by atoms with Crippen molar-refractivity contribution in [1.29, 1.82) is 0 Å². The number of benzene rings is 6. The molecule has 0 N–H and O–H groups in total. The fourth-order valence-corrected chi connectivity index (χ4v) is 7.23. The van der Waals surface area contributed by atoms with E-state index in [-0.39, 0.29) is 0 Å². The van der Waals surface area contributed by atoms with Crippen LogP contribution >= 0.6 is 0 Å². The van der Waals surface area contributed by atoms with Crippen molar-refractivity contribution in [2.45, 2.75) is 6.54 Å². The van der Waals surface area contributed by atoms with Gasteiger partial charge in [0.25, 0.3) is 0 Å². The number of rotatable bonds is 5. The Kier molecular flexibility index (Phi) is 5.84. The minimum atomic E-state index is 0.533. The molecule has 6 aromatic carbocycles. The highest BCUT2D eigenvalue weighted by molar-refractivity contribution is 6.14. The molecule has 0 fully saturated rings. The first-order chi connectivity index (χ1) is 23.8. The molecular formula is C42H28N6. The largest absolute Gasteiger partial charge is 0.306 e. The molecule has 4 heterocycles. The minimum absolute atomic E-state index is 0.533. The summed E-state index contributed by atoms with van der Waals surface area (Å²) in [6.07, 6.45) is 2.14. The van der Waals surface area contributed by atoms with Crippen molar-refractivity contribution < 1.29 is 0 Å². The predicted molar refractivity (Wildman–Crippen MR) is 195 cm³/mol. The van der Waals surface area contributed by atoms with E-state index < -0.39 is 0 Å². The number of imidazole rings is 1. The molecule has 0 aliphatic heterocycles. The van der Waals surface area contributed by atoms with Crippen LogP contribution in [0, 0.1) is 0 Å². The Labute approximate surface area is 275 Å². The molecule has 0 aliphatic carbocycles. The molecule has 10 aromatic rings. The van der Waals surface area contributed by atoms with Crippen molar-refractivity contribution in [2.75, 3.05) is 0 Å². The summed E-state index contributed by atoms with van der Waals surface area (Å²) in [5, 5.41) is 9.88. The van der Waals surface area contributed by atoms with Crippen molar-refractivity contribution in [2.24, 2.45) is 0 Å². The number of aromatic nitrogens is 6. The predicted octanol–water partition coefficient (Wildman–Crippen LogP) is 9.71. The second-order valence-electron chi connectivity index (χ2n) is 12.2. The van der Waals surface area contributed by atoms with Crippen LogP contribution in [-0.2, 0) is 6.54 Å². The lowest BCUT2D eigenvalue weighted by Crippen LogP contribution is -2.08. The zero-order valence-electron chi connectivity index (χ0n) is 25.9. The van der Waals surface area contributed by atoms with Crippen LogP contribution in [0.1, 0.15) is 5.56 Å². The fourth-order valence-electron chi connectivity index (χ4n) is 7.23. The third kappa shape index (κ3) is 4.02. The Balaban J connectivity index is 1.21. The average Bonchev–Trinajstić information content (AvgIpc) is 3.84. The summed E-state index contributed by atoms with van der Waals surface area (Å²) >= 11 is 0.